The number of aromatic nitrogens is 1. The van der Waals surface area contributed by atoms with Crippen molar-refractivity contribution in [1.82, 2.24) is 4.98 Å². The van der Waals surface area contributed by atoms with Gasteiger partial charge in [-0.1, -0.05) is 66.7 Å². The van der Waals surface area contributed by atoms with Gasteiger partial charge in [0.2, 0.25) is 5.88 Å². The fourth-order valence-electron chi connectivity index (χ4n) is 5.09. The van der Waals surface area contributed by atoms with Gasteiger partial charge in [0.15, 0.2) is 0 Å². The SMILES string of the molecule is Oc1cccc2ccc(Oc3[c-]c(C4=N[C@H]5c6ccccc6Cc6ccccc6[C@@H]5S4)ccc3)nc12.[Pt]. The van der Waals surface area contributed by atoms with Crippen LogP contribution in [0, 0.1) is 6.07 Å². The quantitative estimate of drug-likeness (QED) is 0.202. The zero-order valence-electron chi connectivity index (χ0n) is 19.6. The minimum Gasteiger partial charge on any atom is -0.506 e. The van der Waals surface area contributed by atoms with Crippen molar-refractivity contribution in [2.75, 3.05) is 0 Å². The summed E-state index contributed by atoms with van der Waals surface area (Å²) in [6, 6.07) is 35.7. The van der Waals surface area contributed by atoms with Crippen LogP contribution in [0.5, 0.6) is 17.4 Å². The maximum absolute atomic E-state index is 10.2. The summed E-state index contributed by atoms with van der Waals surface area (Å²) >= 11 is 1.80. The fraction of sp³-hybridized carbons (Fsp3) is 0.0968. The molecule has 5 aromatic rings. The molecule has 2 heterocycles. The van der Waals surface area contributed by atoms with Gasteiger partial charge in [-0.25, -0.2) is 4.98 Å². The van der Waals surface area contributed by atoms with Crippen LogP contribution in [-0.2, 0) is 27.5 Å². The number of aromatic hydroxyl groups is 1. The molecule has 4 aromatic carbocycles. The summed E-state index contributed by atoms with van der Waals surface area (Å²) in [5.74, 6) is 1.10. The minimum atomic E-state index is 0. The Morgan fingerprint density at radius 3 is 2.43 bits per heavy atom. The molecule has 184 valence electrons. The standard InChI is InChI=1S/C31H21N2O2S.Pt/c34-26-14-6-9-19-15-16-27(32-28(19)26)35-23-11-5-10-22(18-23)31-33-29-24-12-3-1-7-20(24)17-21-8-2-4-13-25(21)30(29)36-31;/h1-16,29-30,34H,17H2;/q-1;/t29-,30-;/m0./s1. The number of para-hydroxylation sites is 1. The largest absolute Gasteiger partial charge is 0.506 e. The number of fused-ring (bicyclic) bond motifs is 6. The van der Waals surface area contributed by atoms with Gasteiger partial charge in [0.05, 0.1) is 11.3 Å². The molecule has 2 atom stereocenters. The van der Waals surface area contributed by atoms with Crippen LogP contribution >= 0.6 is 11.8 Å². The molecule has 0 spiro atoms. The zero-order chi connectivity index (χ0) is 24.1. The van der Waals surface area contributed by atoms with E-state index in [0.29, 0.717) is 17.1 Å². The summed E-state index contributed by atoms with van der Waals surface area (Å²) in [6.45, 7) is 0. The second kappa shape index (κ2) is 9.81. The molecule has 0 amide bonds. The maximum Gasteiger partial charge on any atom is 0.217 e. The molecule has 0 radical (unpaired) electrons. The first kappa shape index (κ1) is 24.0. The van der Waals surface area contributed by atoms with Gasteiger partial charge in [-0.05, 0) is 40.8 Å². The Kier molecular flexibility index (Phi) is 6.35. The zero-order valence-corrected chi connectivity index (χ0v) is 22.7. The van der Waals surface area contributed by atoms with Crippen molar-refractivity contribution < 1.29 is 30.9 Å². The van der Waals surface area contributed by atoms with E-state index in [4.69, 9.17) is 9.73 Å². The number of pyridine rings is 1. The summed E-state index contributed by atoms with van der Waals surface area (Å²) in [4.78, 5) is 9.71. The van der Waals surface area contributed by atoms with Crippen LogP contribution in [0.15, 0.2) is 102 Å². The molecule has 37 heavy (non-hydrogen) atoms. The molecule has 7 rings (SSSR count). The molecule has 0 saturated carbocycles. The smallest absolute Gasteiger partial charge is 0.217 e. The fourth-order valence-corrected chi connectivity index (χ4v) is 6.44. The van der Waals surface area contributed by atoms with Crippen LogP contribution in [0.3, 0.4) is 0 Å². The first-order chi connectivity index (χ1) is 17.7. The van der Waals surface area contributed by atoms with Crippen molar-refractivity contribution in [3.8, 4) is 17.4 Å². The molecule has 1 aliphatic heterocycles. The van der Waals surface area contributed by atoms with Crippen LogP contribution in [0.4, 0.5) is 0 Å². The summed E-state index contributed by atoms with van der Waals surface area (Å²) in [7, 11) is 0. The first-order valence-corrected chi connectivity index (χ1v) is 12.8. The van der Waals surface area contributed by atoms with Gasteiger partial charge in [0.1, 0.15) is 11.3 Å². The third kappa shape index (κ3) is 4.37. The Hall–Kier alpha value is -3.40. The number of phenols is 1. The second-order valence-electron chi connectivity index (χ2n) is 9.02. The van der Waals surface area contributed by atoms with Gasteiger partial charge in [-0.2, -0.15) is 0 Å². The van der Waals surface area contributed by atoms with Crippen molar-refractivity contribution in [3.63, 3.8) is 0 Å². The van der Waals surface area contributed by atoms with E-state index in [1.165, 1.54) is 22.3 Å². The minimum absolute atomic E-state index is 0. The second-order valence-corrected chi connectivity index (χ2v) is 10.2. The topological polar surface area (TPSA) is 54.7 Å². The normalized spacial score (nSPS) is 17.6. The summed E-state index contributed by atoms with van der Waals surface area (Å²) in [5.41, 5.74) is 6.79. The third-order valence-corrected chi connectivity index (χ3v) is 8.10. The number of rotatable bonds is 3. The molecule has 0 bridgehead atoms. The van der Waals surface area contributed by atoms with E-state index >= 15 is 0 Å². The summed E-state index contributed by atoms with van der Waals surface area (Å²) in [6.07, 6.45) is 0.939. The number of ether oxygens (including phenoxy) is 1. The molecule has 6 heteroatoms. The van der Waals surface area contributed by atoms with Crippen molar-refractivity contribution >= 4 is 27.7 Å². The molecule has 2 aliphatic rings. The number of thioether (sulfide) groups is 1. The van der Waals surface area contributed by atoms with Crippen molar-refractivity contribution in [2.45, 2.75) is 17.7 Å². The van der Waals surface area contributed by atoms with E-state index < -0.39 is 0 Å². The van der Waals surface area contributed by atoms with Crippen molar-refractivity contribution in [1.29, 1.82) is 0 Å². The molecule has 0 unspecified atom stereocenters. The van der Waals surface area contributed by atoms with E-state index in [0.717, 1.165) is 22.4 Å². The predicted octanol–water partition coefficient (Wildman–Crippen LogP) is 7.41. The Labute approximate surface area is 233 Å². The Bertz CT molecular complexity index is 1670. The monoisotopic (exact) mass is 680 g/mol. The number of phenolic OH excluding ortho intramolecular Hbond substituents is 1. The van der Waals surface area contributed by atoms with Crippen LogP contribution < -0.4 is 4.74 Å². The Morgan fingerprint density at radius 2 is 1.57 bits per heavy atom. The van der Waals surface area contributed by atoms with Crippen molar-refractivity contribution in [3.05, 3.63) is 131 Å². The first-order valence-electron chi connectivity index (χ1n) is 11.9. The van der Waals surface area contributed by atoms with Crippen LogP contribution in [0.25, 0.3) is 10.9 Å². The third-order valence-electron chi connectivity index (χ3n) is 6.78. The van der Waals surface area contributed by atoms with Gasteiger partial charge in [-0.15, -0.1) is 35.5 Å². The number of benzene rings is 4. The van der Waals surface area contributed by atoms with Crippen LogP contribution in [0.2, 0.25) is 0 Å². The van der Waals surface area contributed by atoms with E-state index in [1.807, 2.05) is 30.3 Å². The van der Waals surface area contributed by atoms with E-state index in [2.05, 4.69) is 59.6 Å². The molecule has 1 aliphatic carbocycles. The Balaban J connectivity index is 0.00000252. The van der Waals surface area contributed by atoms with Crippen molar-refractivity contribution in [2.24, 2.45) is 4.99 Å². The molecule has 4 nitrogen and oxygen atoms in total. The number of hydrogen-bond donors (Lipinski definition) is 1. The molecule has 1 N–H and O–H groups in total. The number of aliphatic imine (C=N–C) groups is 1. The van der Waals surface area contributed by atoms with Gasteiger partial charge < -0.3 is 14.8 Å². The molecule has 0 saturated heterocycles. The molecule has 1 aromatic heterocycles. The average Bonchev–Trinajstić information content (AvgIpc) is 3.30. The van der Waals surface area contributed by atoms with E-state index in [1.54, 1.807) is 30.0 Å². The van der Waals surface area contributed by atoms with Gasteiger partial charge in [0, 0.05) is 43.3 Å². The van der Waals surface area contributed by atoms with Gasteiger partial charge in [-0.3, -0.25) is 0 Å². The van der Waals surface area contributed by atoms with Crippen LogP contribution in [0.1, 0.15) is 39.1 Å². The summed E-state index contributed by atoms with van der Waals surface area (Å²) in [5, 5.41) is 12.2. The van der Waals surface area contributed by atoms with Gasteiger partial charge in [0.25, 0.3) is 0 Å². The Morgan fingerprint density at radius 1 is 0.811 bits per heavy atom. The summed E-state index contributed by atoms with van der Waals surface area (Å²) < 4.78 is 6.05. The van der Waals surface area contributed by atoms with Crippen LogP contribution in [-0.4, -0.2) is 15.1 Å². The number of nitrogens with zero attached hydrogens (tertiary/aromatic N) is 2. The van der Waals surface area contributed by atoms with E-state index in [9.17, 15) is 5.11 Å². The predicted molar refractivity (Wildman–Crippen MR) is 144 cm³/mol. The average molecular weight is 681 g/mol. The van der Waals surface area contributed by atoms with Gasteiger partial charge >= 0.3 is 0 Å². The maximum atomic E-state index is 10.2. The molecular weight excluding hydrogens is 659 g/mol. The molecular formula is C31H21N2O2PtS-. The number of hydrogen-bond acceptors (Lipinski definition) is 5. The van der Waals surface area contributed by atoms with E-state index in [-0.39, 0.29) is 38.1 Å². The molecule has 0 fully saturated rings.